The summed E-state index contributed by atoms with van der Waals surface area (Å²) in [6.45, 7) is 2.52. The molecule has 1 aliphatic heterocycles. The number of β-amino-alcohol motifs (C(OH)–C–C–N with tert-alkyl or cyclic N) is 1. The predicted octanol–water partition coefficient (Wildman–Crippen LogP) is 3.26. The van der Waals surface area contributed by atoms with Crippen molar-refractivity contribution in [1.29, 1.82) is 0 Å². The van der Waals surface area contributed by atoms with Gasteiger partial charge < -0.3 is 14.9 Å². The van der Waals surface area contributed by atoms with Crippen LogP contribution >= 0.6 is 11.6 Å². The van der Waals surface area contributed by atoms with Crippen molar-refractivity contribution in [2.45, 2.75) is 25.0 Å². The molecular formula is C20H23ClN2O3. The average Bonchev–Trinajstić information content (AvgIpc) is 3.15. The van der Waals surface area contributed by atoms with Crippen molar-refractivity contribution in [2.24, 2.45) is 11.8 Å². The van der Waals surface area contributed by atoms with E-state index in [0.29, 0.717) is 29.1 Å². The van der Waals surface area contributed by atoms with Gasteiger partial charge in [-0.25, -0.2) is 0 Å². The Balaban J connectivity index is 1.29. The second kappa shape index (κ2) is 7.43. The topological polar surface area (TPSA) is 65.8 Å². The van der Waals surface area contributed by atoms with E-state index in [1.54, 1.807) is 12.1 Å². The van der Waals surface area contributed by atoms with E-state index >= 15 is 0 Å². The Morgan fingerprint density at radius 3 is 2.54 bits per heavy atom. The summed E-state index contributed by atoms with van der Waals surface area (Å²) >= 11 is 6.19. The predicted molar refractivity (Wildman–Crippen MR) is 99.4 cm³/mol. The van der Waals surface area contributed by atoms with Gasteiger partial charge in [0.2, 0.25) is 0 Å². The van der Waals surface area contributed by atoms with Crippen LogP contribution < -0.4 is 4.74 Å². The molecule has 0 spiro atoms. The van der Waals surface area contributed by atoms with Crippen molar-refractivity contribution in [3.05, 3.63) is 53.3 Å². The number of nitrogens with zero attached hydrogens (tertiary/aromatic N) is 2. The number of aliphatic hydroxyl groups excluding tert-OH is 1. The molecule has 0 amide bonds. The van der Waals surface area contributed by atoms with Crippen molar-refractivity contribution < 1.29 is 14.9 Å². The molecule has 5 nitrogen and oxygen atoms in total. The maximum atomic E-state index is 10.4. The fourth-order valence-corrected chi connectivity index (χ4v) is 4.42. The SMILES string of the molecule is Oc1ccc(C(O)CN2C[C@H]3C[C@H](Oc4ccccc4Cl)C[C@H]3C2)nc1. The van der Waals surface area contributed by atoms with Crippen LogP contribution in [0.5, 0.6) is 11.5 Å². The van der Waals surface area contributed by atoms with Gasteiger partial charge in [0.05, 0.1) is 23.0 Å². The Bertz CT molecular complexity index is 741. The normalized spacial score (nSPS) is 26.6. The van der Waals surface area contributed by atoms with Crippen LogP contribution in [0.4, 0.5) is 0 Å². The quantitative estimate of drug-likeness (QED) is 0.840. The van der Waals surface area contributed by atoms with E-state index in [1.807, 2.05) is 24.3 Å². The number of aromatic hydroxyl groups is 1. The Morgan fingerprint density at radius 1 is 1.15 bits per heavy atom. The van der Waals surface area contributed by atoms with E-state index < -0.39 is 6.10 Å². The highest BCUT2D eigenvalue weighted by Gasteiger charge is 2.42. The lowest BCUT2D eigenvalue weighted by atomic mass is 10.0. The molecule has 0 radical (unpaired) electrons. The Hall–Kier alpha value is -1.82. The van der Waals surface area contributed by atoms with Crippen molar-refractivity contribution in [3.8, 4) is 11.5 Å². The lowest BCUT2D eigenvalue weighted by Crippen LogP contribution is -2.29. The van der Waals surface area contributed by atoms with Gasteiger partial charge in [-0.05, 0) is 48.9 Å². The van der Waals surface area contributed by atoms with Gasteiger partial charge in [-0.15, -0.1) is 0 Å². The molecule has 26 heavy (non-hydrogen) atoms. The first-order valence-corrected chi connectivity index (χ1v) is 9.43. The number of aliphatic hydroxyl groups is 1. The van der Waals surface area contributed by atoms with Gasteiger partial charge in [-0.1, -0.05) is 23.7 Å². The summed E-state index contributed by atoms with van der Waals surface area (Å²) in [7, 11) is 0. The highest BCUT2D eigenvalue weighted by Crippen LogP contribution is 2.41. The first-order valence-electron chi connectivity index (χ1n) is 9.05. The maximum absolute atomic E-state index is 10.4. The average molecular weight is 375 g/mol. The molecule has 4 atom stereocenters. The van der Waals surface area contributed by atoms with Crippen LogP contribution in [-0.2, 0) is 0 Å². The second-order valence-electron chi connectivity index (χ2n) is 7.34. The molecule has 138 valence electrons. The molecule has 1 aromatic heterocycles. The van der Waals surface area contributed by atoms with E-state index in [-0.39, 0.29) is 11.9 Å². The van der Waals surface area contributed by atoms with Crippen LogP contribution in [0, 0.1) is 11.8 Å². The zero-order valence-electron chi connectivity index (χ0n) is 14.5. The Morgan fingerprint density at radius 2 is 1.88 bits per heavy atom. The zero-order chi connectivity index (χ0) is 18.1. The van der Waals surface area contributed by atoms with Crippen molar-refractivity contribution in [3.63, 3.8) is 0 Å². The summed E-state index contributed by atoms with van der Waals surface area (Å²) < 4.78 is 6.11. The van der Waals surface area contributed by atoms with Crippen LogP contribution in [0.15, 0.2) is 42.6 Å². The molecule has 1 saturated heterocycles. The van der Waals surface area contributed by atoms with Gasteiger partial charge in [-0.3, -0.25) is 9.88 Å². The molecule has 6 heteroatoms. The minimum absolute atomic E-state index is 0.112. The number of hydrogen-bond donors (Lipinski definition) is 2. The van der Waals surface area contributed by atoms with E-state index in [0.717, 1.165) is 31.7 Å². The minimum atomic E-state index is -0.635. The molecule has 2 aliphatic rings. The molecule has 0 bridgehead atoms. The van der Waals surface area contributed by atoms with Gasteiger partial charge >= 0.3 is 0 Å². The smallest absolute Gasteiger partial charge is 0.138 e. The van der Waals surface area contributed by atoms with E-state index in [2.05, 4.69) is 9.88 Å². The molecular weight excluding hydrogens is 352 g/mol. The van der Waals surface area contributed by atoms with Gasteiger partial charge in [0.25, 0.3) is 0 Å². The van der Waals surface area contributed by atoms with E-state index in [1.165, 1.54) is 6.20 Å². The minimum Gasteiger partial charge on any atom is -0.506 e. The number of halogens is 1. The van der Waals surface area contributed by atoms with E-state index in [9.17, 15) is 10.2 Å². The summed E-state index contributed by atoms with van der Waals surface area (Å²) in [6.07, 6.45) is 3.01. The number of hydrogen-bond acceptors (Lipinski definition) is 5. The number of para-hydroxylation sites is 1. The summed E-state index contributed by atoms with van der Waals surface area (Å²) in [6, 6.07) is 10.9. The highest BCUT2D eigenvalue weighted by atomic mass is 35.5. The van der Waals surface area contributed by atoms with Gasteiger partial charge in [0.1, 0.15) is 17.6 Å². The number of pyridine rings is 1. The standard InChI is InChI=1S/C20H23ClN2O3/c21-17-3-1-2-4-20(17)26-16-7-13-10-23(11-14(13)8-16)12-19(25)18-6-5-15(24)9-22-18/h1-6,9,13-14,16,19,24-25H,7-8,10-12H2/t13-,14+,16+,19?. The monoisotopic (exact) mass is 374 g/mol. The first kappa shape index (κ1) is 17.6. The van der Waals surface area contributed by atoms with Gasteiger partial charge in [0.15, 0.2) is 0 Å². The zero-order valence-corrected chi connectivity index (χ0v) is 15.2. The van der Waals surface area contributed by atoms with Crippen molar-refractivity contribution in [2.75, 3.05) is 19.6 Å². The number of benzene rings is 1. The number of fused-ring (bicyclic) bond motifs is 1. The number of likely N-dealkylation sites (tertiary alicyclic amines) is 1. The number of aromatic nitrogens is 1. The molecule has 2 fully saturated rings. The third-order valence-corrected chi connectivity index (χ3v) is 5.77. The fourth-order valence-electron chi connectivity index (χ4n) is 4.24. The third kappa shape index (κ3) is 3.80. The molecule has 1 aliphatic carbocycles. The highest BCUT2D eigenvalue weighted by molar-refractivity contribution is 6.32. The molecule has 1 aromatic carbocycles. The number of ether oxygens (including phenoxy) is 1. The first-order chi connectivity index (χ1) is 12.6. The summed E-state index contributed by atoms with van der Waals surface area (Å²) in [5.74, 6) is 2.08. The molecule has 1 saturated carbocycles. The van der Waals surface area contributed by atoms with Crippen molar-refractivity contribution >= 4 is 11.6 Å². The molecule has 2 aromatic rings. The summed E-state index contributed by atoms with van der Waals surface area (Å²) in [5, 5.41) is 20.4. The maximum Gasteiger partial charge on any atom is 0.138 e. The molecule has 2 heterocycles. The molecule has 4 rings (SSSR count). The fraction of sp³-hybridized carbons (Fsp3) is 0.450. The van der Waals surface area contributed by atoms with Gasteiger partial charge in [0, 0.05) is 19.6 Å². The van der Waals surface area contributed by atoms with Crippen molar-refractivity contribution in [1.82, 2.24) is 9.88 Å². The van der Waals surface area contributed by atoms with Crippen LogP contribution in [0.3, 0.4) is 0 Å². The van der Waals surface area contributed by atoms with Crippen LogP contribution in [0.25, 0.3) is 0 Å². The Kier molecular flexibility index (Phi) is 5.02. The van der Waals surface area contributed by atoms with Gasteiger partial charge in [-0.2, -0.15) is 0 Å². The Labute approximate surface area is 158 Å². The van der Waals surface area contributed by atoms with Crippen LogP contribution in [-0.4, -0.2) is 45.8 Å². The van der Waals surface area contributed by atoms with E-state index in [4.69, 9.17) is 16.3 Å². The number of rotatable bonds is 5. The summed E-state index contributed by atoms with van der Waals surface area (Å²) in [5.41, 5.74) is 0.597. The lowest BCUT2D eigenvalue weighted by molar-refractivity contribution is 0.113. The van der Waals surface area contributed by atoms with Crippen LogP contribution in [0.1, 0.15) is 24.6 Å². The molecule has 1 unspecified atom stereocenters. The largest absolute Gasteiger partial charge is 0.506 e. The molecule has 2 N–H and O–H groups in total. The third-order valence-electron chi connectivity index (χ3n) is 5.46. The second-order valence-corrected chi connectivity index (χ2v) is 7.74. The van der Waals surface area contributed by atoms with Crippen LogP contribution in [0.2, 0.25) is 5.02 Å². The summed E-state index contributed by atoms with van der Waals surface area (Å²) in [4.78, 5) is 6.41. The lowest BCUT2D eigenvalue weighted by Gasteiger charge is -2.22.